The van der Waals surface area contributed by atoms with E-state index in [1.807, 2.05) is 13.0 Å². The number of hydrogen-bond donors (Lipinski definition) is 1. The Labute approximate surface area is 108 Å². The predicted molar refractivity (Wildman–Crippen MR) is 69.0 cm³/mol. The van der Waals surface area contributed by atoms with Gasteiger partial charge in [0.1, 0.15) is 5.69 Å². The molecule has 3 nitrogen and oxygen atoms in total. The molecule has 80 valence electrons. The molecule has 0 unspecified atom stereocenters. The normalized spacial score (nSPS) is 10.9. The molecule has 0 saturated heterocycles. The molecule has 0 aliphatic carbocycles. The molecule has 2 rings (SSSR count). The van der Waals surface area contributed by atoms with Gasteiger partial charge in [-0.25, -0.2) is 0 Å². The number of nitrogens with two attached hydrogens (primary N) is 1. The first-order valence-corrected chi connectivity index (χ1v) is 6.73. The Kier molecular flexibility index (Phi) is 3.18. The minimum Gasteiger partial charge on any atom is -0.367 e. The first-order chi connectivity index (χ1) is 7.13. The Hall–Kier alpha value is -0.330. The fourth-order valence-corrected chi connectivity index (χ4v) is 4.18. The average molecular weight is 352 g/mol. The van der Waals surface area contributed by atoms with E-state index >= 15 is 0 Å². The van der Waals surface area contributed by atoms with Gasteiger partial charge in [0.05, 0.1) is 7.57 Å². The molecule has 2 N–H and O–H groups in total. The fourth-order valence-electron chi connectivity index (χ4n) is 1.38. The Morgan fingerprint density at radius 3 is 2.80 bits per heavy atom. The number of aromatic nitrogens is 1. The summed E-state index contributed by atoms with van der Waals surface area (Å²) < 4.78 is 7.08. The molecule has 15 heavy (non-hydrogen) atoms. The van der Waals surface area contributed by atoms with E-state index in [1.165, 1.54) is 0 Å². The van der Waals surface area contributed by atoms with Crippen molar-refractivity contribution in [2.75, 3.05) is 5.73 Å². The first-order valence-electron chi connectivity index (χ1n) is 4.32. The largest absolute Gasteiger partial charge is 0.367 e. The summed E-state index contributed by atoms with van der Waals surface area (Å²) in [5.41, 5.74) is 8.49. The van der Waals surface area contributed by atoms with Crippen molar-refractivity contribution in [3.05, 3.63) is 19.2 Å². The van der Waals surface area contributed by atoms with Crippen LogP contribution in [0.3, 0.4) is 0 Å². The highest BCUT2D eigenvalue weighted by Crippen LogP contribution is 2.40. The maximum absolute atomic E-state index is 5.69. The quantitative estimate of drug-likeness (QED) is 0.887. The summed E-state index contributed by atoms with van der Waals surface area (Å²) in [6, 6.07) is 2.01. The van der Waals surface area contributed by atoms with Crippen LogP contribution < -0.4 is 5.73 Å². The van der Waals surface area contributed by atoms with Crippen molar-refractivity contribution in [3.8, 4) is 11.3 Å². The molecular weight excluding hydrogens is 344 g/mol. The second-order valence-corrected chi connectivity index (χ2v) is 6.71. The lowest BCUT2D eigenvalue weighted by atomic mass is 10.1. The summed E-state index contributed by atoms with van der Waals surface area (Å²) in [6.07, 6.45) is 0.810. The van der Waals surface area contributed by atoms with Crippen molar-refractivity contribution >= 4 is 49.1 Å². The molecule has 0 aliphatic heterocycles. The molecule has 0 aliphatic rings. The van der Waals surface area contributed by atoms with E-state index in [-0.39, 0.29) is 0 Å². The third-order valence-electron chi connectivity index (χ3n) is 2.08. The number of hydrogen-bond acceptors (Lipinski definition) is 4. The zero-order chi connectivity index (χ0) is 11.0. The standard InChI is InChI=1S/C9H8Br2N2OS/c1-2-4-7(13-14-9(4)12)5-3-6(10)15-8(5)11/h3H,2,12H2,1H3. The summed E-state index contributed by atoms with van der Waals surface area (Å²) in [4.78, 5) is 0. The number of nitrogens with zero attached hydrogens (tertiary/aromatic N) is 1. The van der Waals surface area contributed by atoms with E-state index in [1.54, 1.807) is 11.3 Å². The van der Waals surface area contributed by atoms with Gasteiger partial charge in [0.15, 0.2) is 0 Å². The van der Waals surface area contributed by atoms with Crippen molar-refractivity contribution in [3.63, 3.8) is 0 Å². The maximum atomic E-state index is 5.69. The topological polar surface area (TPSA) is 52.0 Å². The molecule has 2 aromatic heterocycles. The minimum absolute atomic E-state index is 0.404. The summed E-state index contributed by atoms with van der Waals surface area (Å²) in [6.45, 7) is 2.03. The van der Waals surface area contributed by atoms with Crippen LogP contribution in [-0.4, -0.2) is 5.16 Å². The Morgan fingerprint density at radius 1 is 1.53 bits per heavy atom. The van der Waals surface area contributed by atoms with Crippen LogP contribution in [0, 0.1) is 0 Å². The van der Waals surface area contributed by atoms with Crippen LogP contribution in [0.2, 0.25) is 0 Å². The summed E-state index contributed by atoms with van der Waals surface area (Å²) in [5, 5.41) is 3.99. The molecule has 2 aromatic rings. The van der Waals surface area contributed by atoms with E-state index in [2.05, 4.69) is 37.0 Å². The molecule has 2 heterocycles. The van der Waals surface area contributed by atoms with Crippen LogP contribution >= 0.6 is 43.2 Å². The van der Waals surface area contributed by atoms with Gasteiger partial charge in [-0.1, -0.05) is 12.1 Å². The van der Waals surface area contributed by atoms with Crippen LogP contribution in [0.15, 0.2) is 18.2 Å². The first kappa shape index (κ1) is 11.2. The van der Waals surface area contributed by atoms with Crippen LogP contribution in [0.5, 0.6) is 0 Å². The maximum Gasteiger partial charge on any atom is 0.225 e. The van der Waals surface area contributed by atoms with Gasteiger partial charge in [0.2, 0.25) is 5.88 Å². The zero-order valence-corrected chi connectivity index (χ0v) is 11.9. The van der Waals surface area contributed by atoms with Crippen molar-refractivity contribution in [2.24, 2.45) is 0 Å². The number of nitrogen functional groups attached to an aromatic ring is 1. The van der Waals surface area contributed by atoms with Crippen LogP contribution in [0.25, 0.3) is 11.3 Å². The highest BCUT2D eigenvalue weighted by atomic mass is 79.9. The fraction of sp³-hybridized carbons (Fsp3) is 0.222. The van der Waals surface area contributed by atoms with Crippen molar-refractivity contribution in [1.82, 2.24) is 5.16 Å². The molecule has 0 amide bonds. The SMILES string of the molecule is CCc1c(-c2cc(Br)sc2Br)noc1N. The van der Waals surface area contributed by atoms with E-state index in [0.717, 1.165) is 30.8 Å². The summed E-state index contributed by atoms with van der Waals surface area (Å²) in [5.74, 6) is 0.404. The zero-order valence-electron chi connectivity index (χ0n) is 7.88. The lowest BCUT2D eigenvalue weighted by molar-refractivity contribution is 0.438. The highest BCUT2D eigenvalue weighted by Gasteiger charge is 2.17. The van der Waals surface area contributed by atoms with Gasteiger partial charge in [-0.15, -0.1) is 11.3 Å². The molecular formula is C9H8Br2N2OS. The second-order valence-electron chi connectivity index (χ2n) is 2.97. The van der Waals surface area contributed by atoms with Gasteiger partial charge in [-0.2, -0.15) is 0 Å². The van der Waals surface area contributed by atoms with E-state index in [9.17, 15) is 0 Å². The van der Waals surface area contributed by atoms with Gasteiger partial charge in [0.25, 0.3) is 0 Å². The third kappa shape index (κ3) is 1.98. The van der Waals surface area contributed by atoms with Crippen molar-refractivity contribution in [2.45, 2.75) is 13.3 Å². The third-order valence-corrected chi connectivity index (χ3v) is 4.42. The molecule has 0 spiro atoms. The lowest BCUT2D eigenvalue weighted by Gasteiger charge is -1.96. The molecule has 0 radical (unpaired) electrons. The number of anilines is 1. The molecule has 0 atom stereocenters. The number of rotatable bonds is 2. The van der Waals surface area contributed by atoms with Gasteiger partial charge in [-0.05, 0) is 44.3 Å². The molecule has 0 bridgehead atoms. The van der Waals surface area contributed by atoms with Crippen LogP contribution in [0.1, 0.15) is 12.5 Å². The summed E-state index contributed by atoms with van der Waals surface area (Å²) in [7, 11) is 0. The van der Waals surface area contributed by atoms with Crippen molar-refractivity contribution in [1.29, 1.82) is 0 Å². The van der Waals surface area contributed by atoms with E-state index in [0.29, 0.717) is 5.88 Å². The minimum atomic E-state index is 0.404. The Morgan fingerprint density at radius 2 is 2.27 bits per heavy atom. The Bertz CT molecular complexity index is 492. The van der Waals surface area contributed by atoms with E-state index in [4.69, 9.17) is 10.3 Å². The number of thiophene rings is 1. The molecule has 0 saturated carbocycles. The smallest absolute Gasteiger partial charge is 0.225 e. The molecule has 6 heteroatoms. The summed E-state index contributed by atoms with van der Waals surface area (Å²) >= 11 is 8.53. The monoisotopic (exact) mass is 350 g/mol. The van der Waals surface area contributed by atoms with Gasteiger partial charge in [-0.3, -0.25) is 0 Å². The number of halogens is 2. The average Bonchev–Trinajstić information content (AvgIpc) is 2.69. The molecule has 0 aromatic carbocycles. The van der Waals surface area contributed by atoms with Crippen LogP contribution in [0.4, 0.5) is 5.88 Å². The van der Waals surface area contributed by atoms with E-state index < -0.39 is 0 Å². The van der Waals surface area contributed by atoms with Gasteiger partial charge >= 0.3 is 0 Å². The molecule has 0 fully saturated rings. The Balaban J connectivity index is 2.58. The predicted octanol–water partition coefficient (Wildman–Crippen LogP) is 4.07. The van der Waals surface area contributed by atoms with Gasteiger partial charge < -0.3 is 10.3 Å². The second kappa shape index (κ2) is 4.27. The highest BCUT2D eigenvalue weighted by molar-refractivity contribution is 9.12. The van der Waals surface area contributed by atoms with Crippen LogP contribution in [-0.2, 0) is 6.42 Å². The van der Waals surface area contributed by atoms with Crippen molar-refractivity contribution < 1.29 is 4.52 Å². The van der Waals surface area contributed by atoms with Gasteiger partial charge in [0, 0.05) is 11.1 Å². The lowest BCUT2D eigenvalue weighted by Crippen LogP contribution is -1.89.